The van der Waals surface area contributed by atoms with Crippen molar-refractivity contribution in [2.45, 2.75) is 0 Å². The molecular weight excluding hydrogens is 1110 g/mol. The molecule has 19 rings (SSSR count). The average Bonchev–Trinajstić information content (AvgIpc) is 0.955. The Hall–Kier alpha value is -12.1. The van der Waals surface area contributed by atoms with E-state index in [2.05, 4.69) is 164 Å². The minimum absolute atomic E-state index is 0.207. The first kappa shape index (κ1) is 43.5. The Morgan fingerprint density at radius 2 is 0.609 bits per heavy atom. The number of para-hydroxylation sites is 2. The summed E-state index contributed by atoms with van der Waals surface area (Å²) < 4.78 is 98.5. The van der Waals surface area contributed by atoms with Crippen LogP contribution in [0.2, 0.25) is 0 Å². The molecule has 0 bridgehead atoms. The summed E-state index contributed by atoms with van der Waals surface area (Å²) in [6, 6.07) is 92.3. The van der Waals surface area contributed by atoms with Crippen molar-refractivity contribution in [3.05, 3.63) is 339 Å². The Labute approximate surface area is 545 Å². The molecule has 0 aliphatic carbocycles. The van der Waals surface area contributed by atoms with E-state index in [1.165, 1.54) is 0 Å². The maximum atomic E-state index is 8.91. The van der Waals surface area contributed by atoms with Crippen LogP contribution in [0.5, 0.6) is 0 Å². The van der Waals surface area contributed by atoms with Gasteiger partial charge in [0.15, 0.2) is 0 Å². The van der Waals surface area contributed by atoms with Crippen LogP contribution >= 0.6 is 0 Å². The summed E-state index contributed by atoms with van der Waals surface area (Å²) in [6.45, 7) is 0. The van der Waals surface area contributed by atoms with Gasteiger partial charge in [-0.25, -0.2) is 0 Å². The SMILES string of the molecule is [2H]c1c([2H])c([2H])c(-c2c3ccccc3c(-c3cc(-c4ccc5oc6ccccc6c5c4)cc4ccccc34)c3ccccc23)c([2H])c1[2H].[2H]c1c([2H])c([2H])c(-c2c3ccccc3c(-c3cccc4c(-c5ccc6oc7c(-c8ccccc8)cccc7c6c5)cccc34)c3ccccc23)c([2H])c1[2H]. The zero-order valence-electron chi connectivity index (χ0n) is 59.4. The van der Waals surface area contributed by atoms with Gasteiger partial charge >= 0.3 is 0 Å². The lowest BCUT2D eigenvalue weighted by Gasteiger charge is -2.19. The molecule has 428 valence electrons. The van der Waals surface area contributed by atoms with Crippen LogP contribution in [0.25, 0.3) is 186 Å². The van der Waals surface area contributed by atoms with Crippen LogP contribution in [0.15, 0.2) is 348 Å². The third kappa shape index (κ3) is 8.72. The second-order valence-electron chi connectivity index (χ2n) is 23.3. The average molecular weight is 1180 g/mol. The fourth-order valence-electron chi connectivity index (χ4n) is 14.3. The van der Waals surface area contributed by atoms with Crippen LogP contribution in [0.3, 0.4) is 0 Å². The molecule has 0 saturated heterocycles. The summed E-state index contributed by atoms with van der Waals surface area (Å²) in [5, 5.41) is 15.7. The first-order valence-electron chi connectivity index (χ1n) is 35.8. The highest BCUT2D eigenvalue weighted by molar-refractivity contribution is 6.26. The van der Waals surface area contributed by atoms with E-state index in [0.29, 0.717) is 11.1 Å². The van der Waals surface area contributed by atoms with Crippen LogP contribution in [-0.2, 0) is 0 Å². The third-order valence-corrected chi connectivity index (χ3v) is 18.3. The number of hydrogen-bond donors (Lipinski definition) is 0. The van der Waals surface area contributed by atoms with Crippen molar-refractivity contribution in [3.8, 4) is 77.9 Å². The van der Waals surface area contributed by atoms with E-state index < -0.39 is 12.1 Å². The van der Waals surface area contributed by atoms with E-state index in [1.54, 1.807) is 0 Å². The molecule has 0 atom stereocenters. The van der Waals surface area contributed by atoms with E-state index in [0.717, 1.165) is 164 Å². The van der Waals surface area contributed by atoms with Gasteiger partial charge in [-0.3, -0.25) is 0 Å². The van der Waals surface area contributed by atoms with Crippen molar-refractivity contribution in [2.75, 3.05) is 0 Å². The molecule has 0 spiro atoms. The summed E-state index contributed by atoms with van der Waals surface area (Å²) in [6.07, 6.45) is 0. The Kier molecular flexibility index (Phi) is 10.4. The Morgan fingerprint density at radius 1 is 0.196 bits per heavy atom. The highest BCUT2D eigenvalue weighted by Gasteiger charge is 2.22. The quantitative estimate of drug-likeness (QED) is 0.149. The van der Waals surface area contributed by atoms with Crippen molar-refractivity contribution >= 4 is 109 Å². The second-order valence-corrected chi connectivity index (χ2v) is 23.3. The molecule has 2 nitrogen and oxygen atoms in total. The highest BCUT2D eigenvalue weighted by atomic mass is 16.3. The number of furan rings is 2. The van der Waals surface area contributed by atoms with Gasteiger partial charge in [-0.1, -0.05) is 297 Å². The van der Waals surface area contributed by atoms with Gasteiger partial charge in [0.1, 0.15) is 22.3 Å². The molecule has 2 aromatic heterocycles. The monoisotopic (exact) mass is 1180 g/mol. The van der Waals surface area contributed by atoms with Gasteiger partial charge in [0, 0.05) is 27.1 Å². The van der Waals surface area contributed by atoms with Crippen molar-refractivity contribution < 1.29 is 22.5 Å². The zero-order valence-corrected chi connectivity index (χ0v) is 49.4. The summed E-state index contributed by atoms with van der Waals surface area (Å²) in [5.74, 6) is 0. The summed E-state index contributed by atoms with van der Waals surface area (Å²) in [7, 11) is 0. The largest absolute Gasteiger partial charge is 0.456 e. The zero-order chi connectivity index (χ0) is 69.3. The predicted octanol–water partition coefficient (Wildman–Crippen LogP) is 25.8. The van der Waals surface area contributed by atoms with Gasteiger partial charge in [-0.05, 0) is 179 Å². The lowest BCUT2D eigenvalue weighted by Crippen LogP contribution is -1.92. The van der Waals surface area contributed by atoms with E-state index in [1.807, 2.05) is 115 Å². The molecule has 17 aromatic carbocycles. The summed E-state index contributed by atoms with van der Waals surface area (Å²) >= 11 is 0. The molecule has 0 fully saturated rings. The van der Waals surface area contributed by atoms with Crippen LogP contribution < -0.4 is 0 Å². The second kappa shape index (κ2) is 21.9. The van der Waals surface area contributed by atoms with Crippen molar-refractivity contribution in [3.63, 3.8) is 0 Å². The first-order valence-corrected chi connectivity index (χ1v) is 30.8. The first-order chi connectivity index (χ1) is 49.8. The van der Waals surface area contributed by atoms with Crippen molar-refractivity contribution in [1.82, 2.24) is 0 Å². The van der Waals surface area contributed by atoms with Crippen molar-refractivity contribution in [1.29, 1.82) is 0 Å². The minimum Gasteiger partial charge on any atom is -0.456 e. The predicted molar refractivity (Wildman–Crippen MR) is 391 cm³/mol. The van der Waals surface area contributed by atoms with E-state index in [9.17, 15) is 0 Å². The molecule has 0 N–H and O–H groups in total. The number of hydrogen-bond acceptors (Lipinski definition) is 2. The molecule has 0 aliphatic heterocycles. The highest BCUT2D eigenvalue weighted by Crippen LogP contribution is 2.49. The molecule has 2 heterocycles. The fourth-order valence-corrected chi connectivity index (χ4v) is 14.3. The molecule has 0 unspecified atom stereocenters. The number of benzene rings is 17. The maximum absolute atomic E-state index is 8.91. The topological polar surface area (TPSA) is 26.3 Å². The smallest absolute Gasteiger partial charge is 0.143 e. The molecule has 0 saturated carbocycles. The van der Waals surface area contributed by atoms with Gasteiger partial charge < -0.3 is 8.83 Å². The standard InChI is InChI=1S/C48H30O.C42H26O/c1-3-14-31(15-4-1)35-23-12-27-43-44-30-33(28-29-45(44)49-48(35)43)34-22-11-25-37-36(34)24-13-26-38(37)47-41-20-9-7-18-39(41)46(32-16-5-2-6-17-32)40-19-8-10-21-42(40)47;1-2-12-27(13-3-1)41-33-17-6-8-19-35(33)42(36-20-9-7-18-34(36)41)38-26-30(24-29-14-4-5-15-31(29)38)28-22-23-40-37(25-28)32-16-10-11-21-39(32)43-40/h1-30H;1-26H/i2D,5D,6D,16D,17D;1D,2D,3D,12D,13D. The molecule has 2 heteroatoms. The molecule has 19 aromatic rings. The van der Waals surface area contributed by atoms with Crippen LogP contribution in [0, 0.1) is 0 Å². The van der Waals surface area contributed by atoms with E-state index in [-0.39, 0.29) is 59.5 Å². The Bertz CT molecular complexity index is 6600. The third-order valence-electron chi connectivity index (χ3n) is 18.3. The maximum Gasteiger partial charge on any atom is 0.143 e. The lowest BCUT2D eigenvalue weighted by molar-refractivity contribution is 0.669. The lowest BCUT2D eigenvalue weighted by atomic mass is 9.84. The molecule has 92 heavy (non-hydrogen) atoms. The fraction of sp³-hybridized carbons (Fsp3) is 0. The minimum atomic E-state index is -0.400. The van der Waals surface area contributed by atoms with Crippen LogP contribution in [0.4, 0.5) is 0 Å². The summed E-state index contributed by atoms with van der Waals surface area (Å²) in [5.41, 5.74) is 15.8. The number of fused-ring (bicyclic) bond motifs is 12. The summed E-state index contributed by atoms with van der Waals surface area (Å²) in [4.78, 5) is 0. The van der Waals surface area contributed by atoms with E-state index >= 15 is 0 Å². The molecule has 0 radical (unpaired) electrons. The van der Waals surface area contributed by atoms with Crippen molar-refractivity contribution in [2.24, 2.45) is 0 Å². The van der Waals surface area contributed by atoms with E-state index in [4.69, 9.17) is 22.5 Å². The van der Waals surface area contributed by atoms with Gasteiger partial charge in [0.05, 0.1) is 13.7 Å². The Balaban J connectivity index is 0.000000147. The molecular formula is C90H56O2. The van der Waals surface area contributed by atoms with Gasteiger partial charge in [-0.2, -0.15) is 0 Å². The van der Waals surface area contributed by atoms with Crippen LogP contribution in [-0.4, -0.2) is 0 Å². The molecule has 0 aliphatic rings. The Morgan fingerprint density at radius 3 is 1.21 bits per heavy atom. The van der Waals surface area contributed by atoms with Gasteiger partial charge in [0.25, 0.3) is 0 Å². The molecule has 0 amide bonds. The van der Waals surface area contributed by atoms with Gasteiger partial charge in [-0.15, -0.1) is 0 Å². The number of rotatable bonds is 7. The normalized spacial score (nSPS) is 13.2. The van der Waals surface area contributed by atoms with Crippen LogP contribution in [0.1, 0.15) is 13.7 Å². The van der Waals surface area contributed by atoms with Gasteiger partial charge in [0.2, 0.25) is 0 Å².